The lowest BCUT2D eigenvalue weighted by molar-refractivity contribution is 0.355. The Balaban J connectivity index is 3.89. The predicted octanol–water partition coefficient (Wildman–Crippen LogP) is -0.193. The fourth-order valence-corrected chi connectivity index (χ4v) is 1.64. The van der Waals surface area contributed by atoms with Crippen molar-refractivity contribution in [3.63, 3.8) is 0 Å². The maximum atomic E-state index is 10.8. The molecule has 61 valence electrons. The Morgan fingerprint density at radius 3 is 2.20 bits per heavy atom. The topological polar surface area (TPSA) is 51.5 Å². The third-order valence-electron chi connectivity index (χ3n) is 0.750. The van der Waals surface area contributed by atoms with E-state index >= 15 is 0 Å². The van der Waals surface area contributed by atoms with Crippen molar-refractivity contribution in [1.82, 2.24) is 9.84 Å². The molecule has 0 aliphatic rings. The van der Waals surface area contributed by atoms with Crippen LogP contribution in [0.3, 0.4) is 0 Å². The summed E-state index contributed by atoms with van der Waals surface area (Å²) in [6.45, 7) is 1.81. The van der Waals surface area contributed by atoms with Crippen LogP contribution in [-0.2, 0) is 10.0 Å². The molecule has 0 N–H and O–H groups in total. The molecule has 0 spiro atoms. The number of rotatable bonds is 4. The highest BCUT2D eigenvalue weighted by Crippen LogP contribution is 1.89. The van der Waals surface area contributed by atoms with E-state index in [2.05, 4.69) is 4.83 Å². The second kappa shape index (κ2) is 3.90. The molecule has 0 saturated heterocycles. The van der Waals surface area contributed by atoms with Crippen LogP contribution in [0, 0.1) is 0 Å². The molecule has 0 aromatic carbocycles. The smallest absolute Gasteiger partial charge is 0.218 e. The number of nitrogens with zero attached hydrogens (tertiary/aromatic N) is 2. The first-order valence-corrected chi connectivity index (χ1v) is 4.72. The van der Waals surface area contributed by atoms with Gasteiger partial charge in [0.05, 0.1) is 5.75 Å². The van der Waals surface area contributed by atoms with E-state index in [-0.39, 0.29) is 5.75 Å². The minimum absolute atomic E-state index is 0.130. The van der Waals surface area contributed by atoms with Crippen LogP contribution < -0.4 is 4.83 Å². The van der Waals surface area contributed by atoms with Crippen molar-refractivity contribution >= 4 is 10.0 Å². The molecule has 0 aliphatic carbocycles. The van der Waals surface area contributed by atoms with Gasteiger partial charge in [-0.2, -0.15) is 0 Å². The maximum absolute atomic E-state index is 10.8. The van der Waals surface area contributed by atoms with E-state index in [0.29, 0.717) is 6.42 Å². The second-order valence-corrected chi connectivity index (χ2v) is 3.95. The lowest BCUT2D eigenvalue weighted by Crippen LogP contribution is -2.30. The normalized spacial score (nSPS) is 12.4. The monoisotopic (exact) mass is 165 g/mol. The summed E-state index contributed by atoms with van der Waals surface area (Å²) in [4.78, 5) is 3.40. The lowest BCUT2D eigenvalue weighted by atomic mass is 10.6. The van der Waals surface area contributed by atoms with Crippen molar-refractivity contribution in [2.24, 2.45) is 0 Å². The number of hydrogen-bond donors (Lipinski definition) is 0. The van der Waals surface area contributed by atoms with Crippen LogP contribution in [0.1, 0.15) is 13.3 Å². The van der Waals surface area contributed by atoms with Crippen LogP contribution in [0.5, 0.6) is 0 Å². The molecule has 0 rings (SSSR count). The SMILES string of the molecule is CCCS(=O)(=O)[N]N(C)C. The largest absolute Gasteiger partial charge is 0.242 e. The molecule has 10 heavy (non-hydrogen) atoms. The van der Waals surface area contributed by atoms with Crippen LogP contribution in [0.4, 0.5) is 0 Å². The highest BCUT2D eigenvalue weighted by Gasteiger charge is 2.10. The van der Waals surface area contributed by atoms with Crippen LogP contribution in [0.25, 0.3) is 0 Å². The van der Waals surface area contributed by atoms with Crippen molar-refractivity contribution < 1.29 is 8.42 Å². The first-order chi connectivity index (χ1) is 4.48. The molecule has 0 amide bonds. The summed E-state index contributed by atoms with van der Waals surface area (Å²) in [5.74, 6) is 0.130. The first-order valence-electron chi connectivity index (χ1n) is 3.11. The first kappa shape index (κ1) is 9.87. The molecule has 4 nitrogen and oxygen atoms in total. The molecule has 0 aromatic rings. The van der Waals surface area contributed by atoms with Crippen molar-refractivity contribution in [3.8, 4) is 0 Å². The van der Waals surface area contributed by atoms with Crippen LogP contribution in [-0.4, -0.2) is 33.3 Å². The van der Waals surface area contributed by atoms with Gasteiger partial charge in [0.1, 0.15) is 0 Å². The standard InChI is InChI=1S/C5H13N2O2S/c1-4-5-10(8,9)6-7(2)3/h4-5H2,1-3H3. The zero-order chi connectivity index (χ0) is 8.20. The van der Waals surface area contributed by atoms with Crippen LogP contribution in [0.15, 0.2) is 0 Å². The molecule has 0 unspecified atom stereocenters. The van der Waals surface area contributed by atoms with Gasteiger partial charge in [-0.05, 0) is 11.3 Å². The fraction of sp³-hybridized carbons (Fsp3) is 1.00. The van der Waals surface area contributed by atoms with E-state index in [1.54, 1.807) is 14.1 Å². The highest BCUT2D eigenvalue weighted by molar-refractivity contribution is 7.89. The Morgan fingerprint density at radius 1 is 1.40 bits per heavy atom. The van der Waals surface area contributed by atoms with Crippen molar-refractivity contribution in [2.75, 3.05) is 19.8 Å². The van der Waals surface area contributed by atoms with E-state index < -0.39 is 10.0 Å². The molecule has 5 heteroatoms. The summed E-state index contributed by atoms with van der Waals surface area (Å²) in [6, 6.07) is 0. The predicted molar refractivity (Wildman–Crippen MR) is 39.9 cm³/mol. The Hall–Kier alpha value is -0.130. The van der Waals surface area contributed by atoms with Gasteiger partial charge in [0.2, 0.25) is 10.0 Å². The number of hydrogen-bond acceptors (Lipinski definition) is 3. The fourth-order valence-electron chi connectivity index (χ4n) is 0.548. The van der Waals surface area contributed by atoms with Gasteiger partial charge in [-0.3, -0.25) is 0 Å². The third kappa shape index (κ3) is 4.72. The molecule has 0 bridgehead atoms. The van der Waals surface area contributed by atoms with Crippen molar-refractivity contribution in [2.45, 2.75) is 13.3 Å². The highest BCUT2D eigenvalue weighted by atomic mass is 32.2. The summed E-state index contributed by atoms with van der Waals surface area (Å²) in [5.41, 5.74) is 0. The molecular formula is C5H13N2O2S. The Bertz CT molecular complexity index is 174. The summed E-state index contributed by atoms with van der Waals surface area (Å²) in [6.07, 6.45) is 0.611. The molecule has 0 fully saturated rings. The summed E-state index contributed by atoms with van der Waals surface area (Å²) in [5, 5.41) is 1.30. The number of sulfonamides is 1. The minimum Gasteiger partial charge on any atom is -0.218 e. The Morgan fingerprint density at radius 2 is 1.90 bits per heavy atom. The average molecular weight is 165 g/mol. The van der Waals surface area contributed by atoms with Gasteiger partial charge in [-0.15, -0.1) is 0 Å². The van der Waals surface area contributed by atoms with Gasteiger partial charge in [0.25, 0.3) is 0 Å². The van der Waals surface area contributed by atoms with E-state index in [0.717, 1.165) is 0 Å². The zero-order valence-electron chi connectivity index (χ0n) is 6.53. The van der Waals surface area contributed by atoms with E-state index in [1.165, 1.54) is 5.01 Å². The van der Waals surface area contributed by atoms with Crippen LogP contribution >= 0.6 is 0 Å². The molecular weight excluding hydrogens is 152 g/mol. The van der Waals surface area contributed by atoms with Gasteiger partial charge in [-0.25, -0.2) is 13.4 Å². The average Bonchev–Trinajstić information content (AvgIpc) is 1.59. The quantitative estimate of drug-likeness (QED) is 0.542. The van der Waals surface area contributed by atoms with Gasteiger partial charge >= 0.3 is 0 Å². The van der Waals surface area contributed by atoms with E-state index in [1.807, 2.05) is 6.92 Å². The second-order valence-electron chi connectivity index (χ2n) is 2.21. The van der Waals surface area contributed by atoms with Crippen molar-refractivity contribution in [1.29, 1.82) is 0 Å². The zero-order valence-corrected chi connectivity index (χ0v) is 7.35. The van der Waals surface area contributed by atoms with E-state index in [9.17, 15) is 8.42 Å². The van der Waals surface area contributed by atoms with E-state index in [4.69, 9.17) is 0 Å². The van der Waals surface area contributed by atoms with Crippen LogP contribution in [0.2, 0.25) is 0 Å². The summed E-state index contributed by atoms with van der Waals surface area (Å²) < 4.78 is 21.7. The third-order valence-corrected chi connectivity index (χ3v) is 2.25. The molecule has 0 aromatic heterocycles. The summed E-state index contributed by atoms with van der Waals surface area (Å²) in [7, 11) is 0.000995. The molecule has 0 heterocycles. The Kier molecular flexibility index (Phi) is 3.85. The Labute approximate surface area is 62.2 Å². The minimum atomic E-state index is -3.18. The molecule has 0 aliphatic heterocycles. The van der Waals surface area contributed by atoms with Gasteiger partial charge in [-0.1, -0.05) is 6.92 Å². The van der Waals surface area contributed by atoms with Gasteiger partial charge in [0, 0.05) is 14.1 Å². The van der Waals surface area contributed by atoms with Gasteiger partial charge < -0.3 is 0 Å². The van der Waals surface area contributed by atoms with Gasteiger partial charge in [0.15, 0.2) is 0 Å². The summed E-state index contributed by atoms with van der Waals surface area (Å²) >= 11 is 0. The lowest BCUT2D eigenvalue weighted by Gasteiger charge is -2.07. The van der Waals surface area contributed by atoms with Crippen molar-refractivity contribution in [3.05, 3.63) is 0 Å². The molecule has 1 radical (unpaired) electrons. The molecule has 0 atom stereocenters. The molecule has 0 saturated carbocycles. The maximum Gasteiger partial charge on any atom is 0.242 e.